The Morgan fingerprint density at radius 2 is 1.94 bits per heavy atom. The van der Waals surface area contributed by atoms with Crippen LogP contribution in [0.5, 0.6) is 5.75 Å². The monoisotopic (exact) mass is 537 g/mol. The van der Waals surface area contributed by atoms with E-state index < -0.39 is 0 Å². The summed E-state index contributed by atoms with van der Waals surface area (Å²) in [6.07, 6.45) is 4.04. The van der Waals surface area contributed by atoms with Crippen LogP contribution in [-0.2, 0) is 17.6 Å². The van der Waals surface area contributed by atoms with E-state index in [1.807, 2.05) is 0 Å². The first-order valence-corrected chi connectivity index (χ1v) is 13.7. The van der Waals surface area contributed by atoms with Crippen molar-refractivity contribution in [2.75, 3.05) is 17.7 Å². The van der Waals surface area contributed by atoms with E-state index in [0.717, 1.165) is 36.1 Å². The standard InChI is InChI=1S/C26H20ClN3O4S2/c27-15-6-8-16(9-7-15)30-25(33)23-17-3-1-2-4-21(17)36-24(23)29-26(30)35-13-19(31)14-5-10-20-18(11-14)28-22(32)12-34-20/h5-11H,1-4,12-13H2,(H,28,32). The first-order chi connectivity index (χ1) is 17.5. The zero-order chi connectivity index (χ0) is 24.8. The second-order valence-corrected chi connectivity index (χ2v) is 11.1. The number of Topliss-reactive ketones (excluding diaryl/α,β-unsaturated/α-hetero) is 1. The number of amides is 1. The molecule has 1 N–H and O–H groups in total. The number of ether oxygens (including phenoxy) is 1. The molecule has 7 nitrogen and oxygen atoms in total. The average molecular weight is 538 g/mol. The van der Waals surface area contributed by atoms with Crippen molar-refractivity contribution in [3.05, 3.63) is 73.8 Å². The van der Waals surface area contributed by atoms with Gasteiger partial charge >= 0.3 is 0 Å². The highest BCUT2D eigenvalue weighted by molar-refractivity contribution is 7.99. The predicted octanol–water partition coefficient (Wildman–Crippen LogP) is 5.29. The summed E-state index contributed by atoms with van der Waals surface area (Å²) in [6.45, 7) is -0.0430. The number of rotatable bonds is 5. The maximum Gasteiger partial charge on any atom is 0.267 e. The molecule has 2 aromatic carbocycles. The van der Waals surface area contributed by atoms with Gasteiger partial charge < -0.3 is 10.1 Å². The number of ketones is 1. The zero-order valence-corrected chi connectivity index (χ0v) is 21.4. The van der Waals surface area contributed by atoms with Gasteiger partial charge in [0.1, 0.15) is 10.6 Å². The molecule has 0 spiro atoms. The quantitative estimate of drug-likeness (QED) is 0.211. The first-order valence-electron chi connectivity index (χ1n) is 11.5. The van der Waals surface area contributed by atoms with Gasteiger partial charge in [-0.3, -0.25) is 19.0 Å². The number of hydrogen-bond acceptors (Lipinski definition) is 7. The van der Waals surface area contributed by atoms with Crippen LogP contribution in [0.15, 0.2) is 52.4 Å². The van der Waals surface area contributed by atoms with E-state index >= 15 is 0 Å². The average Bonchev–Trinajstić information content (AvgIpc) is 3.26. The van der Waals surface area contributed by atoms with Gasteiger partial charge in [0.15, 0.2) is 17.5 Å². The van der Waals surface area contributed by atoms with Gasteiger partial charge in [-0.05, 0) is 73.7 Å². The maximum absolute atomic E-state index is 13.8. The summed E-state index contributed by atoms with van der Waals surface area (Å²) in [4.78, 5) is 45.4. The molecular weight excluding hydrogens is 518 g/mol. The van der Waals surface area contributed by atoms with E-state index in [-0.39, 0.29) is 29.6 Å². The largest absolute Gasteiger partial charge is 0.482 e. The SMILES string of the molecule is O=C1COc2ccc(C(=O)CSc3nc4sc5c(c4c(=O)n3-c3ccc(Cl)cc3)CCCC5)cc2N1. The minimum Gasteiger partial charge on any atom is -0.482 e. The van der Waals surface area contributed by atoms with Crippen molar-refractivity contribution in [1.29, 1.82) is 0 Å². The maximum atomic E-state index is 13.8. The number of aryl methyl sites for hydroxylation is 2. The molecule has 1 aliphatic carbocycles. The zero-order valence-electron chi connectivity index (χ0n) is 19.0. The van der Waals surface area contributed by atoms with Gasteiger partial charge in [0.05, 0.1) is 22.5 Å². The fourth-order valence-corrected chi connectivity index (χ4v) is 6.91. The molecule has 36 heavy (non-hydrogen) atoms. The fraction of sp³-hybridized carbons (Fsp3) is 0.231. The van der Waals surface area contributed by atoms with E-state index in [2.05, 4.69) is 5.32 Å². The van der Waals surface area contributed by atoms with Gasteiger partial charge in [-0.1, -0.05) is 23.4 Å². The second kappa shape index (κ2) is 9.38. The number of halogens is 1. The molecular formula is C26H20ClN3O4S2. The second-order valence-electron chi connectivity index (χ2n) is 8.66. The van der Waals surface area contributed by atoms with Crippen molar-refractivity contribution in [1.82, 2.24) is 9.55 Å². The lowest BCUT2D eigenvalue weighted by Crippen LogP contribution is -2.25. The molecule has 4 aromatic rings. The van der Waals surface area contributed by atoms with Gasteiger partial charge in [0.25, 0.3) is 11.5 Å². The van der Waals surface area contributed by atoms with Gasteiger partial charge in [-0.25, -0.2) is 4.98 Å². The van der Waals surface area contributed by atoms with Crippen LogP contribution < -0.4 is 15.6 Å². The Kier molecular flexibility index (Phi) is 6.07. The van der Waals surface area contributed by atoms with Crippen LogP contribution in [-0.4, -0.2) is 33.6 Å². The molecule has 0 radical (unpaired) electrons. The Balaban J connectivity index is 1.37. The molecule has 10 heteroatoms. The molecule has 2 aliphatic rings. The summed E-state index contributed by atoms with van der Waals surface area (Å²) >= 11 is 8.90. The van der Waals surface area contributed by atoms with Crippen LogP contribution in [0.4, 0.5) is 5.69 Å². The lowest BCUT2D eigenvalue weighted by molar-refractivity contribution is -0.118. The first kappa shape index (κ1) is 23.3. The molecule has 1 amide bonds. The Bertz CT molecular complexity index is 1590. The Morgan fingerprint density at radius 1 is 1.14 bits per heavy atom. The number of thiophene rings is 1. The number of nitrogens with zero attached hydrogens (tertiary/aromatic N) is 2. The van der Waals surface area contributed by atoms with Crippen molar-refractivity contribution in [2.45, 2.75) is 30.8 Å². The van der Waals surface area contributed by atoms with E-state index in [1.165, 1.54) is 16.6 Å². The molecule has 182 valence electrons. The minimum absolute atomic E-state index is 0.0430. The number of anilines is 1. The molecule has 3 heterocycles. The summed E-state index contributed by atoms with van der Waals surface area (Å²) < 4.78 is 6.96. The number of benzene rings is 2. The van der Waals surface area contributed by atoms with Crippen LogP contribution in [0.3, 0.4) is 0 Å². The number of hydrogen-bond donors (Lipinski definition) is 1. The Labute approximate surface area is 219 Å². The van der Waals surface area contributed by atoms with Crippen LogP contribution in [0.1, 0.15) is 33.6 Å². The molecule has 0 unspecified atom stereocenters. The molecule has 0 fully saturated rings. The number of carbonyl (C=O) groups is 2. The lowest BCUT2D eigenvalue weighted by atomic mass is 9.97. The van der Waals surface area contributed by atoms with Gasteiger partial charge in [-0.2, -0.15) is 0 Å². The topological polar surface area (TPSA) is 90.3 Å². The molecule has 6 rings (SSSR count). The normalized spacial score (nSPS) is 14.6. The van der Waals surface area contributed by atoms with E-state index in [0.29, 0.717) is 38.3 Å². The lowest BCUT2D eigenvalue weighted by Gasteiger charge is -2.18. The summed E-state index contributed by atoms with van der Waals surface area (Å²) in [6, 6.07) is 12.0. The minimum atomic E-state index is -0.260. The van der Waals surface area contributed by atoms with Gasteiger partial charge in [-0.15, -0.1) is 11.3 Å². The van der Waals surface area contributed by atoms with E-state index in [9.17, 15) is 14.4 Å². The summed E-state index contributed by atoms with van der Waals surface area (Å²) in [5.74, 6) is 0.198. The number of aromatic nitrogens is 2. The Hall–Kier alpha value is -3.14. The third kappa shape index (κ3) is 4.21. The Morgan fingerprint density at radius 3 is 2.78 bits per heavy atom. The van der Waals surface area contributed by atoms with Crippen molar-refractivity contribution in [3.8, 4) is 11.4 Å². The molecule has 0 bridgehead atoms. The molecule has 2 aromatic heterocycles. The summed E-state index contributed by atoms with van der Waals surface area (Å²) in [7, 11) is 0. The summed E-state index contributed by atoms with van der Waals surface area (Å²) in [5, 5.41) is 4.44. The van der Waals surface area contributed by atoms with Crippen LogP contribution in [0, 0.1) is 0 Å². The van der Waals surface area contributed by atoms with Crippen molar-refractivity contribution in [3.63, 3.8) is 0 Å². The molecule has 0 saturated heterocycles. The number of nitrogens with one attached hydrogen (secondary N) is 1. The third-order valence-electron chi connectivity index (χ3n) is 6.31. The van der Waals surface area contributed by atoms with Crippen molar-refractivity contribution < 1.29 is 14.3 Å². The highest BCUT2D eigenvalue weighted by Gasteiger charge is 2.24. The van der Waals surface area contributed by atoms with Crippen molar-refractivity contribution >= 4 is 62.3 Å². The van der Waals surface area contributed by atoms with Crippen LogP contribution in [0.25, 0.3) is 15.9 Å². The number of fused-ring (bicyclic) bond motifs is 4. The molecule has 1 aliphatic heterocycles. The van der Waals surface area contributed by atoms with Crippen molar-refractivity contribution in [2.24, 2.45) is 0 Å². The summed E-state index contributed by atoms with van der Waals surface area (Å²) in [5.41, 5.74) is 2.57. The third-order valence-corrected chi connectivity index (χ3v) is 8.69. The molecule has 0 saturated carbocycles. The predicted molar refractivity (Wildman–Crippen MR) is 142 cm³/mol. The number of thioether (sulfide) groups is 1. The van der Waals surface area contributed by atoms with E-state index in [1.54, 1.807) is 58.4 Å². The van der Waals surface area contributed by atoms with Crippen LogP contribution in [0.2, 0.25) is 5.02 Å². The molecule has 0 atom stereocenters. The smallest absolute Gasteiger partial charge is 0.267 e. The number of carbonyl (C=O) groups excluding carboxylic acids is 2. The van der Waals surface area contributed by atoms with Crippen LogP contribution >= 0.6 is 34.7 Å². The highest BCUT2D eigenvalue weighted by Crippen LogP contribution is 2.36. The highest BCUT2D eigenvalue weighted by atomic mass is 35.5. The van der Waals surface area contributed by atoms with Gasteiger partial charge in [0, 0.05) is 15.5 Å². The van der Waals surface area contributed by atoms with E-state index in [4.69, 9.17) is 21.3 Å². The fourth-order valence-electron chi connectivity index (χ4n) is 4.57. The van der Waals surface area contributed by atoms with Gasteiger partial charge in [0.2, 0.25) is 0 Å².